The molecule has 1 heterocycles. The van der Waals surface area contributed by atoms with Crippen molar-refractivity contribution in [2.45, 2.75) is 38.6 Å². The van der Waals surface area contributed by atoms with Gasteiger partial charge in [-0.2, -0.15) is 0 Å². The van der Waals surface area contributed by atoms with Crippen molar-refractivity contribution in [3.63, 3.8) is 0 Å². The first-order chi connectivity index (χ1) is 8.15. The molecule has 1 saturated heterocycles. The largest absolute Gasteiger partial charge is 0.481 e. The average molecular weight is 237 g/mol. The lowest BCUT2D eigenvalue weighted by molar-refractivity contribution is -0.140. The van der Waals surface area contributed by atoms with E-state index in [4.69, 9.17) is 5.11 Å². The predicted molar refractivity (Wildman–Crippen MR) is 65.6 cm³/mol. The molecule has 1 atom stereocenters. The third-order valence-electron chi connectivity index (χ3n) is 2.86. The minimum Gasteiger partial charge on any atom is -0.481 e. The molecule has 4 heteroatoms. The Morgan fingerprint density at radius 1 is 1.35 bits per heavy atom. The van der Waals surface area contributed by atoms with Crippen molar-refractivity contribution < 1.29 is 14.7 Å². The standard InChI is InChI=1S/C13H19NO3/c1-2-3-4-8-12(15)14-9-6-5-7-11(14)10-13(16)17/h2-4,8,11H,5-7,9-10H2,1H3,(H,16,17)/b3-2+,8-4+. The summed E-state index contributed by atoms with van der Waals surface area (Å²) in [4.78, 5) is 24.3. The van der Waals surface area contributed by atoms with Crippen molar-refractivity contribution in [1.82, 2.24) is 4.90 Å². The highest BCUT2D eigenvalue weighted by Gasteiger charge is 2.26. The lowest BCUT2D eigenvalue weighted by Gasteiger charge is -2.34. The fourth-order valence-electron chi connectivity index (χ4n) is 2.05. The van der Waals surface area contributed by atoms with Crippen molar-refractivity contribution in [2.24, 2.45) is 0 Å². The van der Waals surface area contributed by atoms with E-state index in [0.717, 1.165) is 19.3 Å². The van der Waals surface area contributed by atoms with E-state index >= 15 is 0 Å². The SMILES string of the molecule is C/C=C/C=C/C(=O)N1CCCCC1CC(=O)O. The van der Waals surface area contributed by atoms with E-state index in [1.165, 1.54) is 6.08 Å². The smallest absolute Gasteiger partial charge is 0.305 e. The lowest BCUT2D eigenvalue weighted by Crippen LogP contribution is -2.44. The van der Waals surface area contributed by atoms with E-state index in [1.807, 2.05) is 13.0 Å². The molecule has 1 aliphatic heterocycles. The topological polar surface area (TPSA) is 57.6 Å². The summed E-state index contributed by atoms with van der Waals surface area (Å²) in [5, 5.41) is 8.81. The number of aliphatic carboxylic acids is 1. The first kappa shape index (κ1) is 13.5. The van der Waals surface area contributed by atoms with Gasteiger partial charge in [-0.3, -0.25) is 9.59 Å². The molecule has 1 fully saturated rings. The number of hydrogen-bond acceptors (Lipinski definition) is 2. The van der Waals surface area contributed by atoms with E-state index in [9.17, 15) is 9.59 Å². The Labute approximate surface area is 102 Å². The molecular weight excluding hydrogens is 218 g/mol. The predicted octanol–water partition coefficient (Wildman–Crippen LogP) is 1.97. The van der Waals surface area contributed by atoms with Crippen LogP contribution in [-0.4, -0.2) is 34.5 Å². The first-order valence-corrected chi connectivity index (χ1v) is 5.97. The maximum Gasteiger partial charge on any atom is 0.305 e. The van der Waals surface area contributed by atoms with E-state index in [2.05, 4.69) is 0 Å². The summed E-state index contributed by atoms with van der Waals surface area (Å²) in [7, 11) is 0. The van der Waals surface area contributed by atoms with Gasteiger partial charge in [0.1, 0.15) is 0 Å². The first-order valence-electron chi connectivity index (χ1n) is 5.97. The second kappa shape index (κ2) is 6.89. The van der Waals surface area contributed by atoms with Crippen LogP contribution in [0.5, 0.6) is 0 Å². The number of carbonyl (C=O) groups excluding carboxylic acids is 1. The highest BCUT2D eigenvalue weighted by atomic mass is 16.4. The molecule has 1 rings (SSSR count). The molecule has 0 saturated carbocycles. The number of amides is 1. The molecule has 94 valence electrons. The number of carbonyl (C=O) groups is 2. The fraction of sp³-hybridized carbons (Fsp3) is 0.538. The number of likely N-dealkylation sites (tertiary alicyclic amines) is 1. The van der Waals surface area contributed by atoms with Crippen molar-refractivity contribution >= 4 is 11.9 Å². The molecule has 0 bridgehead atoms. The van der Waals surface area contributed by atoms with Crippen LogP contribution in [0.4, 0.5) is 0 Å². The van der Waals surface area contributed by atoms with Crippen LogP contribution >= 0.6 is 0 Å². The molecule has 1 aliphatic rings. The molecule has 0 aromatic carbocycles. The second-order valence-corrected chi connectivity index (χ2v) is 4.16. The molecule has 0 aromatic rings. The van der Waals surface area contributed by atoms with Crippen molar-refractivity contribution in [3.05, 3.63) is 24.3 Å². The maximum atomic E-state index is 11.9. The average Bonchev–Trinajstić information content (AvgIpc) is 2.29. The number of nitrogens with zero attached hydrogens (tertiary/aromatic N) is 1. The van der Waals surface area contributed by atoms with Crippen molar-refractivity contribution in [1.29, 1.82) is 0 Å². The molecule has 0 spiro atoms. The Hall–Kier alpha value is -1.58. The number of carboxylic acids is 1. The molecule has 17 heavy (non-hydrogen) atoms. The Morgan fingerprint density at radius 2 is 2.12 bits per heavy atom. The van der Waals surface area contributed by atoms with E-state index in [1.54, 1.807) is 17.1 Å². The summed E-state index contributed by atoms with van der Waals surface area (Å²) in [6.07, 6.45) is 9.61. The van der Waals surface area contributed by atoms with Crippen LogP contribution in [-0.2, 0) is 9.59 Å². The summed E-state index contributed by atoms with van der Waals surface area (Å²) in [6.45, 7) is 2.54. The van der Waals surface area contributed by atoms with Crippen molar-refractivity contribution in [2.75, 3.05) is 6.54 Å². The van der Waals surface area contributed by atoms with Gasteiger partial charge < -0.3 is 10.0 Å². The van der Waals surface area contributed by atoms with Crippen LogP contribution in [0.1, 0.15) is 32.6 Å². The van der Waals surface area contributed by atoms with E-state index in [-0.39, 0.29) is 18.4 Å². The summed E-state index contributed by atoms with van der Waals surface area (Å²) < 4.78 is 0. The number of carboxylic acid groups (broad SMARTS) is 1. The number of allylic oxidation sites excluding steroid dienone is 3. The molecule has 0 aromatic heterocycles. The summed E-state index contributed by atoms with van der Waals surface area (Å²) in [5.74, 6) is -0.929. The van der Waals surface area contributed by atoms with Gasteiger partial charge in [0.05, 0.1) is 6.42 Å². The van der Waals surface area contributed by atoms with Gasteiger partial charge in [-0.25, -0.2) is 0 Å². The highest BCUT2D eigenvalue weighted by molar-refractivity contribution is 5.88. The number of rotatable bonds is 4. The lowest BCUT2D eigenvalue weighted by atomic mass is 9.99. The highest BCUT2D eigenvalue weighted by Crippen LogP contribution is 2.20. The monoisotopic (exact) mass is 237 g/mol. The Morgan fingerprint density at radius 3 is 2.76 bits per heavy atom. The van der Waals surface area contributed by atoms with Crippen LogP contribution in [0.3, 0.4) is 0 Å². The Bertz CT molecular complexity index is 334. The molecule has 1 amide bonds. The molecule has 1 unspecified atom stereocenters. The number of hydrogen-bond donors (Lipinski definition) is 1. The van der Waals surface area contributed by atoms with Gasteiger partial charge >= 0.3 is 5.97 Å². The van der Waals surface area contributed by atoms with Gasteiger partial charge in [0, 0.05) is 18.7 Å². The van der Waals surface area contributed by atoms with Gasteiger partial charge in [0.25, 0.3) is 0 Å². The van der Waals surface area contributed by atoms with Crippen LogP contribution < -0.4 is 0 Å². The molecule has 1 N–H and O–H groups in total. The Kier molecular flexibility index (Phi) is 5.46. The van der Waals surface area contributed by atoms with Gasteiger partial charge in [0.15, 0.2) is 0 Å². The summed E-state index contributed by atoms with van der Waals surface area (Å²) in [5.41, 5.74) is 0. The minimum absolute atomic E-state index is 0.0448. The van der Waals surface area contributed by atoms with Crippen LogP contribution in [0.25, 0.3) is 0 Å². The molecule has 4 nitrogen and oxygen atoms in total. The molecule has 0 radical (unpaired) electrons. The third kappa shape index (κ3) is 4.43. The van der Waals surface area contributed by atoms with Crippen LogP contribution in [0.15, 0.2) is 24.3 Å². The third-order valence-corrected chi connectivity index (χ3v) is 2.86. The van der Waals surface area contributed by atoms with Gasteiger partial charge in [0.2, 0.25) is 5.91 Å². The normalized spacial score (nSPS) is 21.2. The quantitative estimate of drug-likeness (QED) is 0.600. The summed E-state index contributed by atoms with van der Waals surface area (Å²) >= 11 is 0. The van der Waals surface area contributed by atoms with Crippen molar-refractivity contribution in [3.8, 4) is 0 Å². The van der Waals surface area contributed by atoms with Gasteiger partial charge in [-0.15, -0.1) is 0 Å². The van der Waals surface area contributed by atoms with Gasteiger partial charge in [-0.1, -0.05) is 18.2 Å². The molecule has 0 aliphatic carbocycles. The zero-order valence-electron chi connectivity index (χ0n) is 10.1. The zero-order valence-corrected chi connectivity index (χ0v) is 10.1. The minimum atomic E-state index is -0.841. The van der Waals surface area contributed by atoms with Crippen LogP contribution in [0.2, 0.25) is 0 Å². The Balaban J connectivity index is 2.63. The second-order valence-electron chi connectivity index (χ2n) is 4.16. The van der Waals surface area contributed by atoms with Crippen LogP contribution in [0, 0.1) is 0 Å². The van der Waals surface area contributed by atoms with Gasteiger partial charge in [-0.05, 0) is 26.2 Å². The summed E-state index contributed by atoms with van der Waals surface area (Å²) in [6, 6.07) is -0.149. The molecular formula is C13H19NO3. The maximum absolute atomic E-state index is 11.9. The zero-order chi connectivity index (χ0) is 12.7. The number of piperidine rings is 1. The van der Waals surface area contributed by atoms with E-state index in [0.29, 0.717) is 6.54 Å². The fourth-order valence-corrected chi connectivity index (χ4v) is 2.05. The van der Waals surface area contributed by atoms with E-state index < -0.39 is 5.97 Å².